The van der Waals surface area contributed by atoms with Crippen LogP contribution in [-0.2, 0) is 17.2 Å². The molecular formula is C16H23N3O2. The van der Waals surface area contributed by atoms with E-state index in [1.54, 1.807) is 4.68 Å². The summed E-state index contributed by atoms with van der Waals surface area (Å²) in [5, 5.41) is 25.3. The number of aromatic nitrogens is 2. The van der Waals surface area contributed by atoms with Crippen LogP contribution in [0.1, 0.15) is 57.4 Å². The van der Waals surface area contributed by atoms with Gasteiger partial charge in [0, 0.05) is 24.2 Å². The summed E-state index contributed by atoms with van der Waals surface area (Å²) in [5.74, 6) is 0. The number of hydrogen-bond acceptors (Lipinski definition) is 4. The molecule has 0 amide bonds. The molecule has 2 saturated heterocycles. The Bertz CT molecular complexity index is 596. The molecule has 21 heavy (non-hydrogen) atoms. The average Bonchev–Trinajstić information content (AvgIpc) is 3.09. The normalized spacial score (nSPS) is 33.1. The van der Waals surface area contributed by atoms with Gasteiger partial charge in [0.15, 0.2) is 0 Å². The monoisotopic (exact) mass is 289 g/mol. The van der Waals surface area contributed by atoms with Crippen molar-refractivity contribution >= 4 is 0 Å². The number of rotatable bonds is 2. The molecule has 2 aliphatic heterocycles. The third-order valence-electron chi connectivity index (χ3n) is 4.81. The van der Waals surface area contributed by atoms with E-state index in [-0.39, 0.29) is 17.6 Å². The summed E-state index contributed by atoms with van der Waals surface area (Å²) in [6, 6.07) is 2.38. The smallest absolute Gasteiger partial charge is 0.116 e. The van der Waals surface area contributed by atoms with Gasteiger partial charge in [-0.2, -0.15) is 10.4 Å². The minimum Gasteiger partial charge on any atom is -0.387 e. The van der Waals surface area contributed by atoms with Gasteiger partial charge in [-0.1, -0.05) is 20.8 Å². The highest BCUT2D eigenvalue weighted by molar-refractivity contribution is 5.32. The van der Waals surface area contributed by atoms with Crippen molar-refractivity contribution in [1.29, 1.82) is 5.26 Å². The number of hydrogen-bond donors (Lipinski definition) is 1. The minimum atomic E-state index is -0.847. The molecule has 3 heterocycles. The van der Waals surface area contributed by atoms with Crippen LogP contribution >= 0.6 is 0 Å². The van der Waals surface area contributed by atoms with E-state index >= 15 is 0 Å². The maximum Gasteiger partial charge on any atom is 0.116 e. The van der Waals surface area contributed by atoms with Gasteiger partial charge in [0.25, 0.3) is 0 Å². The van der Waals surface area contributed by atoms with E-state index < -0.39 is 11.5 Å². The van der Waals surface area contributed by atoms with Gasteiger partial charge < -0.3 is 9.84 Å². The van der Waals surface area contributed by atoms with Crippen molar-refractivity contribution in [2.24, 2.45) is 12.5 Å². The summed E-state index contributed by atoms with van der Waals surface area (Å²) in [6.07, 6.45) is 3.44. The maximum absolute atomic E-state index is 11.0. The van der Waals surface area contributed by atoms with Crippen molar-refractivity contribution in [3.8, 4) is 6.07 Å². The Morgan fingerprint density at radius 3 is 2.71 bits per heavy atom. The van der Waals surface area contributed by atoms with E-state index in [1.807, 2.05) is 13.2 Å². The predicted octanol–water partition coefficient (Wildman–Crippen LogP) is 2.21. The highest BCUT2D eigenvalue weighted by atomic mass is 16.5. The van der Waals surface area contributed by atoms with Crippen molar-refractivity contribution in [2.45, 2.75) is 63.8 Å². The standard InChI is InChI=1S/C16H23N3O2/c1-15(2,3)13-11(8-19(4)18-13)14(20)16(9-17)7-10-5-6-12(16)21-10/h8,10,12,14,20H,5-7H2,1-4H3. The quantitative estimate of drug-likeness (QED) is 0.906. The molecule has 2 bridgehead atoms. The van der Waals surface area contributed by atoms with Crippen molar-refractivity contribution in [3.05, 3.63) is 17.5 Å². The number of aryl methyl sites for hydroxylation is 1. The van der Waals surface area contributed by atoms with Gasteiger partial charge in [-0.25, -0.2) is 0 Å². The second kappa shape index (κ2) is 4.56. The fourth-order valence-electron chi connectivity index (χ4n) is 3.78. The molecule has 0 spiro atoms. The van der Waals surface area contributed by atoms with Crippen LogP contribution in [0.25, 0.3) is 0 Å². The van der Waals surface area contributed by atoms with Crippen LogP contribution < -0.4 is 0 Å². The van der Waals surface area contributed by atoms with Gasteiger partial charge in [-0.3, -0.25) is 4.68 Å². The molecule has 3 rings (SSSR count). The topological polar surface area (TPSA) is 71.1 Å². The molecule has 0 aliphatic carbocycles. The van der Waals surface area contributed by atoms with Gasteiger partial charge in [0.05, 0.1) is 24.0 Å². The molecule has 1 aromatic heterocycles. The summed E-state index contributed by atoms with van der Waals surface area (Å²) in [4.78, 5) is 0. The van der Waals surface area contributed by atoms with Crippen LogP contribution in [0.2, 0.25) is 0 Å². The highest BCUT2D eigenvalue weighted by Gasteiger charge is 2.58. The van der Waals surface area contributed by atoms with Crippen LogP contribution in [0.3, 0.4) is 0 Å². The van der Waals surface area contributed by atoms with Crippen molar-refractivity contribution < 1.29 is 9.84 Å². The third kappa shape index (κ3) is 2.09. The van der Waals surface area contributed by atoms with E-state index in [9.17, 15) is 10.4 Å². The first-order valence-corrected chi connectivity index (χ1v) is 7.57. The third-order valence-corrected chi connectivity index (χ3v) is 4.81. The summed E-state index contributed by atoms with van der Waals surface area (Å²) < 4.78 is 7.56. The SMILES string of the molecule is Cn1cc(C(O)C2(C#N)CC3CCC2O3)c(C(C)(C)C)n1. The number of nitrogens with zero attached hydrogens (tertiary/aromatic N) is 3. The Hall–Kier alpha value is -1.38. The molecule has 114 valence electrons. The van der Waals surface area contributed by atoms with Crippen molar-refractivity contribution in [1.82, 2.24) is 9.78 Å². The molecular weight excluding hydrogens is 266 g/mol. The second-order valence-electron chi connectivity index (χ2n) is 7.44. The Balaban J connectivity index is 2.03. The van der Waals surface area contributed by atoms with Gasteiger partial charge in [-0.15, -0.1) is 0 Å². The van der Waals surface area contributed by atoms with Gasteiger partial charge in [-0.05, 0) is 19.3 Å². The number of fused-ring (bicyclic) bond motifs is 2. The first-order chi connectivity index (χ1) is 9.78. The first-order valence-electron chi connectivity index (χ1n) is 7.57. The molecule has 1 aromatic rings. The second-order valence-corrected chi connectivity index (χ2v) is 7.44. The maximum atomic E-state index is 11.0. The lowest BCUT2D eigenvalue weighted by atomic mass is 9.68. The molecule has 5 heteroatoms. The van der Waals surface area contributed by atoms with Crippen LogP contribution in [0.15, 0.2) is 6.20 Å². The highest BCUT2D eigenvalue weighted by Crippen LogP contribution is 2.54. The Labute approximate surface area is 125 Å². The zero-order valence-corrected chi connectivity index (χ0v) is 13.1. The van der Waals surface area contributed by atoms with E-state index in [0.29, 0.717) is 6.42 Å². The first kappa shape index (κ1) is 14.6. The molecule has 2 fully saturated rings. The molecule has 0 saturated carbocycles. The van der Waals surface area contributed by atoms with E-state index in [1.165, 1.54) is 0 Å². The summed E-state index contributed by atoms with van der Waals surface area (Å²) in [7, 11) is 1.85. The Kier molecular flexibility index (Phi) is 3.16. The zero-order valence-electron chi connectivity index (χ0n) is 13.1. The zero-order chi connectivity index (χ0) is 15.4. The molecule has 1 N–H and O–H groups in total. The molecule has 4 atom stereocenters. The molecule has 5 nitrogen and oxygen atoms in total. The van der Waals surface area contributed by atoms with Crippen LogP contribution in [-0.4, -0.2) is 27.1 Å². The lowest BCUT2D eigenvalue weighted by Gasteiger charge is -2.34. The van der Waals surface area contributed by atoms with E-state index in [2.05, 4.69) is 31.9 Å². The molecule has 0 aromatic carbocycles. The average molecular weight is 289 g/mol. The van der Waals surface area contributed by atoms with Gasteiger partial charge >= 0.3 is 0 Å². The van der Waals surface area contributed by atoms with Gasteiger partial charge in [0.2, 0.25) is 0 Å². The lowest BCUT2D eigenvalue weighted by Crippen LogP contribution is -2.38. The van der Waals surface area contributed by atoms with Crippen LogP contribution in [0, 0.1) is 16.7 Å². The fraction of sp³-hybridized carbons (Fsp3) is 0.750. The Morgan fingerprint density at radius 1 is 1.52 bits per heavy atom. The molecule has 0 radical (unpaired) electrons. The van der Waals surface area contributed by atoms with E-state index in [0.717, 1.165) is 24.1 Å². The van der Waals surface area contributed by atoms with Crippen LogP contribution in [0.5, 0.6) is 0 Å². The predicted molar refractivity (Wildman–Crippen MR) is 77.4 cm³/mol. The van der Waals surface area contributed by atoms with E-state index in [4.69, 9.17) is 4.74 Å². The molecule has 2 aliphatic rings. The summed E-state index contributed by atoms with van der Waals surface area (Å²) in [6.45, 7) is 6.21. The fourth-order valence-corrected chi connectivity index (χ4v) is 3.78. The number of aliphatic hydroxyl groups is 1. The van der Waals surface area contributed by atoms with Crippen molar-refractivity contribution in [3.63, 3.8) is 0 Å². The molecule has 4 unspecified atom stereocenters. The minimum absolute atomic E-state index is 0.124. The lowest BCUT2D eigenvalue weighted by molar-refractivity contribution is 0.00258. The number of ether oxygens (including phenoxy) is 1. The van der Waals surface area contributed by atoms with Gasteiger partial charge in [0.1, 0.15) is 11.5 Å². The largest absolute Gasteiger partial charge is 0.387 e. The summed E-state index contributed by atoms with van der Waals surface area (Å²) >= 11 is 0. The van der Waals surface area contributed by atoms with Crippen molar-refractivity contribution in [2.75, 3.05) is 0 Å². The van der Waals surface area contributed by atoms with Crippen LogP contribution in [0.4, 0.5) is 0 Å². The number of aliphatic hydroxyl groups excluding tert-OH is 1. The number of nitriles is 1. The summed E-state index contributed by atoms with van der Waals surface area (Å²) in [5.41, 5.74) is 0.621. The Morgan fingerprint density at radius 2 is 2.24 bits per heavy atom.